The lowest BCUT2D eigenvalue weighted by molar-refractivity contribution is 0.0185. The van der Waals surface area contributed by atoms with Crippen LogP contribution in [0.2, 0.25) is 0 Å². The third kappa shape index (κ3) is 7.66. The molecule has 0 aliphatic carbocycles. The molecule has 8 heteroatoms. The maximum atomic E-state index is 12.1. The monoisotopic (exact) mass is 409 g/mol. The van der Waals surface area contributed by atoms with Crippen molar-refractivity contribution in [1.29, 1.82) is 0 Å². The van der Waals surface area contributed by atoms with Gasteiger partial charge in [0, 0.05) is 50.7 Å². The lowest BCUT2D eigenvalue weighted by Gasteiger charge is -2.33. The van der Waals surface area contributed by atoms with E-state index in [1.807, 2.05) is 31.9 Å². The van der Waals surface area contributed by atoms with E-state index in [0.717, 1.165) is 62.8 Å². The van der Waals surface area contributed by atoms with E-state index in [4.69, 9.17) is 4.74 Å². The van der Waals surface area contributed by atoms with Crippen molar-refractivity contribution in [3.63, 3.8) is 0 Å². The van der Waals surface area contributed by atoms with Gasteiger partial charge in [-0.05, 0) is 46.0 Å². The number of rotatable bonds is 6. The number of aromatic nitrogens is 1. The first-order chi connectivity index (χ1) is 13.3. The quantitative estimate of drug-likeness (QED) is 0.558. The van der Waals surface area contributed by atoms with Gasteiger partial charge in [-0.3, -0.25) is 4.99 Å². The number of nitrogens with zero attached hydrogens (tertiary/aromatic N) is 3. The van der Waals surface area contributed by atoms with Crippen LogP contribution < -0.4 is 10.6 Å². The normalized spacial score (nSPS) is 16.2. The zero-order chi connectivity index (χ0) is 20.6. The van der Waals surface area contributed by atoms with Gasteiger partial charge in [-0.25, -0.2) is 9.78 Å². The Morgan fingerprint density at radius 1 is 1.36 bits per heavy atom. The Hall–Kier alpha value is -1.83. The van der Waals surface area contributed by atoms with Gasteiger partial charge in [-0.15, -0.1) is 11.3 Å². The molecular formula is C20H35N5O2S. The minimum Gasteiger partial charge on any atom is -0.444 e. The van der Waals surface area contributed by atoms with E-state index in [1.54, 1.807) is 18.4 Å². The smallest absolute Gasteiger partial charge is 0.410 e. The van der Waals surface area contributed by atoms with Crippen molar-refractivity contribution < 1.29 is 9.53 Å². The summed E-state index contributed by atoms with van der Waals surface area (Å²) in [6.07, 6.45) is 5.66. The zero-order valence-corrected chi connectivity index (χ0v) is 18.7. The standard InChI is InChI=1S/C20H35N5O2S/c1-6-16-14-23-17(28-16)7-10-22-18(21-5)24-13-15-8-11-25(12-9-15)19(26)27-20(2,3)4/h14-15H,6-13H2,1-5H3,(H2,21,22,24). The van der Waals surface area contributed by atoms with Crippen molar-refractivity contribution in [1.82, 2.24) is 20.5 Å². The van der Waals surface area contributed by atoms with Gasteiger partial charge < -0.3 is 20.3 Å². The largest absolute Gasteiger partial charge is 0.444 e. The summed E-state index contributed by atoms with van der Waals surface area (Å²) in [6.45, 7) is 11.0. The molecule has 0 atom stereocenters. The average molecular weight is 410 g/mol. The number of amides is 1. The van der Waals surface area contributed by atoms with Crippen LogP contribution in [0.25, 0.3) is 0 Å². The molecule has 0 radical (unpaired) electrons. The Kier molecular flexibility index (Phi) is 8.54. The molecular weight excluding hydrogens is 374 g/mol. The number of guanidine groups is 1. The second kappa shape index (κ2) is 10.6. The number of aryl methyl sites for hydroxylation is 1. The van der Waals surface area contributed by atoms with E-state index < -0.39 is 5.60 Å². The molecule has 0 spiro atoms. The Balaban J connectivity index is 1.65. The molecule has 1 aliphatic heterocycles. The van der Waals surface area contributed by atoms with E-state index in [1.165, 1.54) is 4.88 Å². The average Bonchev–Trinajstić information content (AvgIpc) is 3.11. The SMILES string of the molecule is CCc1cnc(CCNC(=NC)NCC2CCN(C(=O)OC(C)(C)C)CC2)s1. The van der Waals surface area contributed by atoms with Crippen molar-refractivity contribution in [2.45, 2.75) is 59.0 Å². The Labute approximate surface area is 173 Å². The fourth-order valence-electron chi connectivity index (χ4n) is 3.02. The molecule has 0 saturated carbocycles. The molecule has 2 heterocycles. The molecule has 2 N–H and O–H groups in total. The molecule has 1 aliphatic rings. The van der Waals surface area contributed by atoms with Crippen molar-refractivity contribution in [2.75, 3.05) is 33.2 Å². The summed E-state index contributed by atoms with van der Waals surface area (Å²) in [5.41, 5.74) is -0.440. The second-order valence-corrected chi connectivity index (χ2v) is 9.31. The van der Waals surface area contributed by atoms with Crippen molar-refractivity contribution in [2.24, 2.45) is 10.9 Å². The molecule has 1 saturated heterocycles. The molecule has 1 fully saturated rings. The van der Waals surface area contributed by atoms with Crippen LogP contribution in [-0.4, -0.2) is 60.8 Å². The third-order valence-corrected chi connectivity index (χ3v) is 5.83. The predicted octanol–water partition coefficient (Wildman–Crippen LogP) is 3.06. The van der Waals surface area contributed by atoms with Crippen molar-refractivity contribution >= 4 is 23.4 Å². The van der Waals surface area contributed by atoms with Crippen LogP contribution in [0.3, 0.4) is 0 Å². The number of hydrogen-bond donors (Lipinski definition) is 2. The Morgan fingerprint density at radius 3 is 2.64 bits per heavy atom. The molecule has 0 unspecified atom stereocenters. The highest BCUT2D eigenvalue weighted by molar-refractivity contribution is 7.11. The highest BCUT2D eigenvalue weighted by Crippen LogP contribution is 2.19. The summed E-state index contributed by atoms with van der Waals surface area (Å²) in [5.74, 6) is 1.35. The number of hydrogen-bond acceptors (Lipinski definition) is 5. The van der Waals surface area contributed by atoms with Gasteiger partial charge >= 0.3 is 6.09 Å². The molecule has 158 valence electrons. The summed E-state index contributed by atoms with van der Waals surface area (Å²) in [6, 6.07) is 0. The highest BCUT2D eigenvalue weighted by atomic mass is 32.1. The van der Waals surface area contributed by atoms with Crippen LogP contribution in [0.4, 0.5) is 4.79 Å². The maximum absolute atomic E-state index is 12.1. The molecule has 28 heavy (non-hydrogen) atoms. The van der Waals surface area contributed by atoms with E-state index in [0.29, 0.717) is 5.92 Å². The summed E-state index contributed by atoms with van der Waals surface area (Å²) < 4.78 is 5.46. The summed E-state index contributed by atoms with van der Waals surface area (Å²) in [7, 11) is 1.79. The number of thiazole rings is 1. The molecule has 7 nitrogen and oxygen atoms in total. The lowest BCUT2D eigenvalue weighted by Crippen LogP contribution is -2.45. The van der Waals surface area contributed by atoms with Gasteiger partial charge in [0.2, 0.25) is 0 Å². The van der Waals surface area contributed by atoms with E-state index in [9.17, 15) is 4.79 Å². The van der Waals surface area contributed by atoms with Crippen molar-refractivity contribution in [3.8, 4) is 0 Å². The Bertz CT molecular complexity index is 645. The van der Waals surface area contributed by atoms with Crippen LogP contribution in [0, 0.1) is 5.92 Å². The number of carbonyl (C=O) groups excluding carboxylic acids is 1. The van der Waals surface area contributed by atoms with Gasteiger partial charge in [0.1, 0.15) is 5.60 Å². The first kappa shape index (κ1) is 22.5. The molecule has 0 aromatic carbocycles. The molecule has 0 bridgehead atoms. The minimum absolute atomic E-state index is 0.204. The van der Waals surface area contributed by atoms with E-state index in [-0.39, 0.29) is 6.09 Å². The van der Waals surface area contributed by atoms with Crippen LogP contribution in [0.1, 0.15) is 50.4 Å². The first-order valence-corrected chi connectivity index (χ1v) is 11.0. The summed E-state index contributed by atoms with van der Waals surface area (Å²) in [4.78, 5) is 24.0. The Morgan fingerprint density at radius 2 is 2.07 bits per heavy atom. The molecule has 1 aromatic heterocycles. The lowest BCUT2D eigenvalue weighted by atomic mass is 9.97. The maximum Gasteiger partial charge on any atom is 0.410 e. The number of aliphatic imine (C=N–C) groups is 1. The van der Waals surface area contributed by atoms with Crippen LogP contribution in [0.15, 0.2) is 11.2 Å². The fraction of sp³-hybridized carbons (Fsp3) is 0.750. The molecule has 1 aromatic rings. The van der Waals surface area contributed by atoms with E-state index >= 15 is 0 Å². The number of carbonyl (C=O) groups is 1. The van der Waals surface area contributed by atoms with Crippen LogP contribution >= 0.6 is 11.3 Å². The van der Waals surface area contributed by atoms with Gasteiger partial charge in [-0.1, -0.05) is 6.92 Å². The van der Waals surface area contributed by atoms with Crippen LogP contribution in [0.5, 0.6) is 0 Å². The van der Waals surface area contributed by atoms with E-state index in [2.05, 4.69) is 27.5 Å². The number of nitrogens with one attached hydrogen (secondary N) is 2. The highest BCUT2D eigenvalue weighted by Gasteiger charge is 2.26. The van der Waals surface area contributed by atoms with Gasteiger partial charge in [0.25, 0.3) is 0 Å². The summed E-state index contributed by atoms with van der Waals surface area (Å²) >= 11 is 1.78. The van der Waals surface area contributed by atoms with Gasteiger partial charge in [-0.2, -0.15) is 0 Å². The number of ether oxygens (including phenoxy) is 1. The predicted molar refractivity (Wildman–Crippen MR) is 115 cm³/mol. The van der Waals surface area contributed by atoms with Gasteiger partial charge in [0.15, 0.2) is 5.96 Å². The van der Waals surface area contributed by atoms with Gasteiger partial charge in [0.05, 0.1) is 5.01 Å². The minimum atomic E-state index is -0.440. The topological polar surface area (TPSA) is 78.9 Å². The third-order valence-electron chi connectivity index (χ3n) is 4.63. The zero-order valence-electron chi connectivity index (χ0n) is 17.9. The molecule has 1 amide bonds. The number of likely N-dealkylation sites (tertiary alicyclic amines) is 1. The second-order valence-electron chi connectivity index (χ2n) is 8.11. The number of piperidine rings is 1. The summed E-state index contributed by atoms with van der Waals surface area (Å²) in [5, 5.41) is 7.93. The fourth-order valence-corrected chi connectivity index (χ4v) is 3.88. The molecule has 2 rings (SSSR count). The van der Waals surface area contributed by atoms with Crippen LogP contribution in [-0.2, 0) is 17.6 Å². The first-order valence-electron chi connectivity index (χ1n) is 10.2. The van der Waals surface area contributed by atoms with Crippen molar-refractivity contribution in [3.05, 3.63) is 16.1 Å².